The van der Waals surface area contributed by atoms with Gasteiger partial charge in [-0.25, -0.2) is 4.98 Å². The number of fused-ring (bicyclic) bond motifs is 2. The number of nitrogens with zero attached hydrogens (tertiary/aromatic N) is 4. The van der Waals surface area contributed by atoms with Gasteiger partial charge in [0.2, 0.25) is 11.9 Å². The minimum atomic E-state index is 0.216. The Morgan fingerprint density at radius 2 is 1.53 bits per heavy atom. The highest BCUT2D eigenvalue weighted by molar-refractivity contribution is 5.79. The molecule has 0 spiro atoms. The average Bonchev–Trinajstić information content (AvgIpc) is 3.09. The topological polar surface area (TPSA) is 26.6 Å². The third kappa shape index (κ3) is 4.00. The lowest BCUT2D eigenvalue weighted by Crippen LogP contribution is -2.38. The molecule has 0 aliphatic heterocycles. The van der Waals surface area contributed by atoms with Crippen LogP contribution in [0, 0.1) is 10.8 Å². The number of aryl methyl sites for hydroxylation is 2. The highest BCUT2D eigenvalue weighted by Crippen LogP contribution is 2.25. The van der Waals surface area contributed by atoms with Crippen molar-refractivity contribution in [2.24, 2.45) is 24.9 Å². The molecule has 4 aromatic rings. The maximum absolute atomic E-state index is 4.89. The summed E-state index contributed by atoms with van der Waals surface area (Å²) in [4.78, 5) is 4.89. The fourth-order valence-electron chi connectivity index (χ4n) is 4.31. The van der Waals surface area contributed by atoms with E-state index >= 15 is 0 Å². The lowest BCUT2D eigenvalue weighted by Gasteiger charge is -2.17. The first kappa shape index (κ1) is 20.6. The molecular weight excluding hydrogens is 368 g/mol. The first-order chi connectivity index (χ1) is 13.9. The zero-order valence-electron chi connectivity index (χ0n) is 19.7. The lowest BCUT2D eigenvalue weighted by atomic mass is 9.88. The highest BCUT2D eigenvalue weighted by atomic mass is 15.4. The third-order valence-electron chi connectivity index (χ3n) is 5.67. The van der Waals surface area contributed by atoms with Gasteiger partial charge in [0.1, 0.15) is 11.3 Å². The van der Waals surface area contributed by atoms with Crippen molar-refractivity contribution in [3.63, 3.8) is 0 Å². The monoisotopic (exact) mass is 403 g/mol. The van der Waals surface area contributed by atoms with Gasteiger partial charge in [0.15, 0.2) is 0 Å². The van der Waals surface area contributed by atoms with Gasteiger partial charge in [0.25, 0.3) is 0 Å². The zero-order chi connectivity index (χ0) is 21.8. The SMILES string of the molecule is Cn1c(CC(C)(C)C)nc2ccc(-[n+]3cc4cc(CC(C)(C)C)ccc4n3C)cc21. The average molecular weight is 404 g/mol. The fourth-order valence-corrected chi connectivity index (χ4v) is 4.31. The maximum Gasteiger partial charge on any atom is 0.238 e. The highest BCUT2D eigenvalue weighted by Gasteiger charge is 2.21. The van der Waals surface area contributed by atoms with Gasteiger partial charge in [-0.05, 0) is 41.0 Å². The Labute approximate surface area is 180 Å². The summed E-state index contributed by atoms with van der Waals surface area (Å²) in [7, 11) is 4.26. The second-order valence-electron chi connectivity index (χ2n) is 11.1. The standard InChI is InChI=1S/C26H35N4/c1-25(2,3)15-18-9-12-22-19(13-18)17-30(29(22)8)20-10-11-21-23(14-20)28(7)24(27-21)16-26(4,5)6/h9-14,17H,15-16H2,1-8H3/q+1. The molecule has 2 aromatic heterocycles. The Morgan fingerprint density at radius 3 is 2.20 bits per heavy atom. The Morgan fingerprint density at radius 1 is 0.833 bits per heavy atom. The molecular formula is C26H35N4+. The van der Waals surface area contributed by atoms with Gasteiger partial charge in [0, 0.05) is 25.6 Å². The second-order valence-corrected chi connectivity index (χ2v) is 11.1. The van der Waals surface area contributed by atoms with Gasteiger partial charge in [0.05, 0.1) is 23.5 Å². The quantitative estimate of drug-likeness (QED) is 0.414. The number of hydrogen-bond acceptors (Lipinski definition) is 1. The summed E-state index contributed by atoms with van der Waals surface area (Å²) in [6.45, 7) is 13.7. The van der Waals surface area contributed by atoms with Crippen molar-refractivity contribution >= 4 is 21.9 Å². The van der Waals surface area contributed by atoms with Gasteiger partial charge in [-0.2, -0.15) is 4.68 Å². The molecule has 0 unspecified atom stereocenters. The van der Waals surface area contributed by atoms with E-state index in [2.05, 4.69) is 112 Å². The summed E-state index contributed by atoms with van der Waals surface area (Å²) in [5, 5.41) is 1.28. The van der Waals surface area contributed by atoms with Crippen molar-refractivity contribution < 1.29 is 4.68 Å². The van der Waals surface area contributed by atoms with Crippen molar-refractivity contribution in [1.29, 1.82) is 0 Å². The van der Waals surface area contributed by atoms with E-state index in [-0.39, 0.29) is 10.8 Å². The number of aromatic nitrogens is 4. The minimum Gasteiger partial charge on any atom is -0.331 e. The first-order valence-electron chi connectivity index (χ1n) is 10.9. The van der Waals surface area contributed by atoms with Crippen LogP contribution in [0.1, 0.15) is 52.9 Å². The molecule has 4 nitrogen and oxygen atoms in total. The third-order valence-corrected chi connectivity index (χ3v) is 5.67. The van der Waals surface area contributed by atoms with E-state index in [1.54, 1.807) is 0 Å². The Kier molecular flexibility index (Phi) is 4.80. The van der Waals surface area contributed by atoms with Crippen molar-refractivity contribution in [2.45, 2.75) is 54.4 Å². The van der Waals surface area contributed by atoms with E-state index in [0.717, 1.165) is 29.9 Å². The summed E-state index contributed by atoms with van der Waals surface area (Å²) >= 11 is 0. The van der Waals surface area contributed by atoms with E-state index in [9.17, 15) is 0 Å². The van der Waals surface area contributed by atoms with Gasteiger partial charge >= 0.3 is 0 Å². The van der Waals surface area contributed by atoms with Crippen LogP contribution in [0.2, 0.25) is 0 Å². The van der Waals surface area contributed by atoms with Crippen molar-refractivity contribution in [2.75, 3.05) is 0 Å². The van der Waals surface area contributed by atoms with E-state index < -0.39 is 0 Å². The molecule has 0 saturated carbocycles. The molecule has 0 amide bonds. The predicted molar refractivity (Wildman–Crippen MR) is 125 cm³/mol. The number of benzene rings is 2. The van der Waals surface area contributed by atoms with Crippen molar-refractivity contribution in [3.05, 3.63) is 54.0 Å². The van der Waals surface area contributed by atoms with Crippen LogP contribution in [0.3, 0.4) is 0 Å². The predicted octanol–water partition coefficient (Wildman–Crippen LogP) is 5.52. The van der Waals surface area contributed by atoms with Crippen LogP contribution < -0.4 is 4.68 Å². The smallest absolute Gasteiger partial charge is 0.238 e. The normalized spacial score (nSPS) is 12.9. The molecule has 0 fully saturated rings. The van der Waals surface area contributed by atoms with Gasteiger partial charge < -0.3 is 4.57 Å². The molecule has 0 radical (unpaired) electrons. The van der Waals surface area contributed by atoms with E-state index in [0.29, 0.717) is 0 Å². The summed E-state index contributed by atoms with van der Waals surface area (Å²) in [6, 6.07) is 13.4. The number of rotatable bonds is 3. The van der Waals surface area contributed by atoms with E-state index in [1.807, 2.05) is 0 Å². The van der Waals surface area contributed by atoms with Crippen LogP contribution in [0.5, 0.6) is 0 Å². The molecule has 0 aliphatic carbocycles. The van der Waals surface area contributed by atoms with Crippen LogP contribution in [0.25, 0.3) is 27.6 Å². The minimum absolute atomic E-state index is 0.216. The largest absolute Gasteiger partial charge is 0.331 e. The van der Waals surface area contributed by atoms with Crippen LogP contribution in [0.4, 0.5) is 0 Å². The van der Waals surface area contributed by atoms with Crippen LogP contribution >= 0.6 is 0 Å². The number of imidazole rings is 1. The molecule has 2 aromatic carbocycles. The van der Waals surface area contributed by atoms with Crippen molar-refractivity contribution in [3.8, 4) is 5.69 Å². The second kappa shape index (κ2) is 6.97. The summed E-state index contributed by atoms with van der Waals surface area (Å²) in [6.07, 6.45) is 4.29. The molecule has 0 saturated heterocycles. The molecule has 4 heteroatoms. The van der Waals surface area contributed by atoms with Crippen molar-refractivity contribution in [1.82, 2.24) is 14.2 Å². The lowest BCUT2D eigenvalue weighted by molar-refractivity contribution is -0.679. The van der Waals surface area contributed by atoms with Crippen LogP contribution in [0.15, 0.2) is 42.6 Å². The molecule has 4 rings (SSSR count). The zero-order valence-corrected chi connectivity index (χ0v) is 19.7. The molecule has 0 atom stereocenters. The van der Waals surface area contributed by atoms with Crippen LogP contribution in [-0.4, -0.2) is 14.2 Å². The van der Waals surface area contributed by atoms with Gasteiger partial charge in [-0.1, -0.05) is 52.3 Å². The molecule has 0 N–H and O–H groups in total. The Bertz CT molecular complexity index is 1230. The summed E-state index contributed by atoms with van der Waals surface area (Å²) < 4.78 is 6.71. The van der Waals surface area contributed by atoms with E-state index in [4.69, 9.17) is 4.98 Å². The maximum atomic E-state index is 4.89. The molecule has 0 bridgehead atoms. The fraction of sp³-hybridized carbons (Fsp3) is 0.462. The first-order valence-corrected chi connectivity index (χ1v) is 10.9. The summed E-state index contributed by atoms with van der Waals surface area (Å²) in [5.41, 5.74) is 6.53. The van der Waals surface area contributed by atoms with Gasteiger partial charge in [-0.3, -0.25) is 0 Å². The molecule has 0 aliphatic rings. The molecule has 30 heavy (non-hydrogen) atoms. The summed E-state index contributed by atoms with van der Waals surface area (Å²) in [5.74, 6) is 1.14. The Hall–Kier alpha value is -2.62. The molecule has 158 valence electrons. The Balaban J connectivity index is 1.77. The van der Waals surface area contributed by atoms with Gasteiger partial charge in [-0.15, -0.1) is 0 Å². The number of hydrogen-bond donors (Lipinski definition) is 0. The van der Waals surface area contributed by atoms with E-state index in [1.165, 1.54) is 22.0 Å². The molecule has 2 heterocycles. The van der Waals surface area contributed by atoms with Crippen LogP contribution in [-0.2, 0) is 26.9 Å².